The Balaban J connectivity index is 1.83. The van der Waals surface area contributed by atoms with Crippen LogP contribution in [-0.2, 0) is 13.1 Å². The molecule has 1 aliphatic rings. The number of thioether (sulfide) groups is 1. The highest BCUT2D eigenvalue weighted by molar-refractivity contribution is 8.00. The molecular formula is C15H27N3S2. The molecule has 1 aromatic heterocycles. The molecule has 2 rings (SSSR count). The van der Waals surface area contributed by atoms with Gasteiger partial charge in [-0.1, -0.05) is 20.8 Å². The van der Waals surface area contributed by atoms with Gasteiger partial charge in [-0.3, -0.25) is 4.90 Å². The average Bonchev–Trinajstić information content (AvgIpc) is 2.82. The van der Waals surface area contributed by atoms with Crippen molar-refractivity contribution in [2.45, 2.75) is 52.1 Å². The SMILES string of the molecule is CC(C)CNCc1nc(CN2CCSC(C)C2C)cs1. The fraction of sp³-hybridized carbons (Fsp3) is 0.800. The van der Waals surface area contributed by atoms with Crippen LogP contribution in [0.4, 0.5) is 0 Å². The molecule has 114 valence electrons. The molecule has 1 saturated heterocycles. The Bertz CT molecular complexity index is 406. The summed E-state index contributed by atoms with van der Waals surface area (Å²) >= 11 is 3.88. The number of thiazole rings is 1. The third-order valence-electron chi connectivity index (χ3n) is 3.81. The van der Waals surface area contributed by atoms with Gasteiger partial charge < -0.3 is 5.32 Å². The van der Waals surface area contributed by atoms with Crippen LogP contribution < -0.4 is 5.32 Å². The van der Waals surface area contributed by atoms with Crippen molar-refractivity contribution in [1.82, 2.24) is 15.2 Å². The molecule has 1 N–H and O–H groups in total. The van der Waals surface area contributed by atoms with Crippen LogP contribution in [-0.4, -0.2) is 40.0 Å². The Hall–Kier alpha value is -0.100. The molecule has 1 fully saturated rings. The van der Waals surface area contributed by atoms with Crippen LogP contribution in [0.25, 0.3) is 0 Å². The van der Waals surface area contributed by atoms with Crippen LogP contribution in [0.1, 0.15) is 38.4 Å². The van der Waals surface area contributed by atoms with Crippen molar-refractivity contribution in [2.75, 3.05) is 18.8 Å². The lowest BCUT2D eigenvalue weighted by atomic mass is 10.2. The molecule has 2 unspecified atom stereocenters. The summed E-state index contributed by atoms with van der Waals surface area (Å²) in [7, 11) is 0. The van der Waals surface area contributed by atoms with Gasteiger partial charge >= 0.3 is 0 Å². The van der Waals surface area contributed by atoms with Crippen LogP contribution in [0.3, 0.4) is 0 Å². The summed E-state index contributed by atoms with van der Waals surface area (Å²) in [6.45, 7) is 13.3. The maximum absolute atomic E-state index is 4.77. The van der Waals surface area contributed by atoms with E-state index in [1.165, 1.54) is 23.0 Å². The predicted octanol–water partition coefficient (Wildman–Crippen LogP) is 3.21. The van der Waals surface area contributed by atoms with Crippen molar-refractivity contribution in [1.29, 1.82) is 0 Å². The topological polar surface area (TPSA) is 28.2 Å². The summed E-state index contributed by atoms with van der Waals surface area (Å²) < 4.78 is 0. The van der Waals surface area contributed by atoms with Crippen LogP contribution >= 0.6 is 23.1 Å². The normalized spacial score (nSPS) is 24.4. The minimum atomic E-state index is 0.651. The second kappa shape index (κ2) is 7.78. The van der Waals surface area contributed by atoms with E-state index in [1.54, 1.807) is 11.3 Å². The third-order valence-corrected chi connectivity index (χ3v) is 6.04. The van der Waals surface area contributed by atoms with E-state index in [1.807, 2.05) is 0 Å². The molecule has 2 atom stereocenters. The summed E-state index contributed by atoms with van der Waals surface area (Å²) in [5.41, 5.74) is 1.24. The van der Waals surface area contributed by atoms with Crippen molar-refractivity contribution >= 4 is 23.1 Å². The number of aromatic nitrogens is 1. The molecule has 0 spiro atoms. The second-order valence-corrected chi connectivity index (χ2v) is 8.47. The minimum Gasteiger partial charge on any atom is -0.310 e. The Labute approximate surface area is 131 Å². The monoisotopic (exact) mass is 313 g/mol. The van der Waals surface area contributed by atoms with Gasteiger partial charge in [0.25, 0.3) is 0 Å². The summed E-state index contributed by atoms with van der Waals surface area (Å²) in [6, 6.07) is 0.651. The molecule has 0 saturated carbocycles. The van der Waals surface area contributed by atoms with E-state index in [2.05, 4.69) is 55.1 Å². The van der Waals surface area contributed by atoms with Crippen molar-refractivity contribution in [3.8, 4) is 0 Å². The quantitative estimate of drug-likeness (QED) is 0.873. The molecule has 0 bridgehead atoms. The fourth-order valence-electron chi connectivity index (χ4n) is 2.40. The van der Waals surface area contributed by atoms with E-state index in [0.29, 0.717) is 12.0 Å². The molecule has 0 aliphatic carbocycles. The number of hydrogen-bond donors (Lipinski definition) is 1. The van der Waals surface area contributed by atoms with E-state index in [9.17, 15) is 0 Å². The van der Waals surface area contributed by atoms with E-state index >= 15 is 0 Å². The van der Waals surface area contributed by atoms with Crippen LogP contribution in [0.15, 0.2) is 5.38 Å². The number of hydrogen-bond acceptors (Lipinski definition) is 5. The van der Waals surface area contributed by atoms with Gasteiger partial charge in [-0.15, -0.1) is 11.3 Å². The van der Waals surface area contributed by atoms with Crippen molar-refractivity contribution in [3.63, 3.8) is 0 Å². The molecule has 5 heteroatoms. The smallest absolute Gasteiger partial charge is 0.107 e. The van der Waals surface area contributed by atoms with E-state index < -0.39 is 0 Å². The molecule has 0 aromatic carbocycles. The summed E-state index contributed by atoms with van der Waals surface area (Å²) in [5.74, 6) is 1.95. The molecular weight excluding hydrogens is 286 g/mol. The first-order chi connectivity index (χ1) is 9.56. The van der Waals surface area contributed by atoms with Gasteiger partial charge in [-0.05, 0) is 19.4 Å². The van der Waals surface area contributed by atoms with Gasteiger partial charge in [0, 0.05) is 42.1 Å². The molecule has 2 heterocycles. The maximum atomic E-state index is 4.77. The summed E-state index contributed by atoms with van der Waals surface area (Å²) in [5, 5.41) is 7.64. The number of rotatable bonds is 6. The first-order valence-corrected chi connectivity index (χ1v) is 9.48. The van der Waals surface area contributed by atoms with E-state index in [-0.39, 0.29) is 0 Å². The van der Waals surface area contributed by atoms with E-state index in [4.69, 9.17) is 4.98 Å². The fourth-order valence-corrected chi connectivity index (χ4v) is 4.31. The summed E-state index contributed by atoms with van der Waals surface area (Å²) in [4.78, 5) is 7.34. The van der Waals surface area contributed by atoms with Gasteiger partial charge in [0.05, 0.1) is 5.69 Å². The first-order valence-electron chi connectivity index (χ1n) is 7.56. The standard InChI is InChI=1S/C15H27N3S2/c1-11(2)7-16-8-15-17-14(10-20-15)9-18-5-6-19-13(4)12(18)3/h10-13,16H,5-9H2,1-4H3. The summed E-state index contributed by atoms with van der Waals surface area (Å²) in [6.07, 6.45) is 0. The minimum absolute atomic E-state index is 0.651. The average molecular weight is 314 g/mol. The van der Waals surface area contributed by atoms with Crippen LogP contribution in [0, 0.1) is 5.92 Å². The van der Waals surface area contributed by atoms with Crippen LogP contribution in [0.2, 0.25) is 0 Å². The third kappa shape index (κ3) is 4.72. The Morgan fingerprint density at radius 1 is 1.45 bits per heavy atom. The Morgan fingerprint density at radius 3 is 3.00 bits per heavy atom. The van der Waals surface area contributed by atoms with Crippen molar-refractivity contribution in [2.24, 2.45) is 5.92 Å². The van der Waals surface area contributed by atoms with Gasteiger partial charge in [0.1, 0.15) is 5.01 Å². The largest absolute Gasteiger partial charge is 0.310 e. The highest BCUT2D eigenvalue weighted by Gasteiger charge is 2.25. The van der Waals surface area contributed by atoms with Gasteiger partial charge in [-0.2, -0.15) is 11.8 Å². The molecule has 3 nitrogen and oxygen atoms in total. The zero-order valence-corrected chi connectivity index (χ0v) is 14.7. The van der Waals surface area contributed by atoms with Gasteiger partial charge in [-0.25, -0.2) is 4.98 Å². The first kappa shape index (κ1) is 16.3. The zero-order chi connectivity index (χ0) is 14.5. The Kier molecular flexibility index (Phi) is 6.33. The van der Waals surface area contributed by atoms with Crippen LogP contribution in [0.5, 0.6) is 0 Å². The lowest BCUT2D eigenvalue weighted by Gasteiger charge is -2.37. The lowest BCUT2D eigenvalue weighted by Crippen LogP contribution is -2.44. The zero-order valence-electron chi connectivity index (χ0n) is 13.1. The molecule has 1 aliphatic heterocycles. The molecule has 0 radical (unpaired) electrons. The Morgan fingerprint density at radius 2 is 2.25 bits per heavy atom. The lowest BCUT2D eigenvalue weighted by molar-refractivity contribution is 0.202. The molecule has 20 heavy (non-hydrogen) atoms. The van der Waals surface area contributed by atoms with E-state index in [0.717, 1.165) is 24.9 Å². The highest BCUT2D eigenvalue weighted by Crippen LogP contribution is 2.25. The predicted molar refractivity (Wildman–Crippen MR) is 90.5 cm³/mol. The molecule has 1 aromatic rings. The molecule has 0 amide bonds. The van der Waals surface area contributed by atoms with Gasteiger partial charge in [0.15, 0.2) is 0 Å². The number of nitrogens with one attached hydrogen (secondary N) is 1. The number of nitrogens with zero attached hydrogens (tertiary/aromatic N) is 2. The van der Waals surface area contributed by atoms with Crippen molar-refractivity contribution < 1.29 is 0 Å². The van der Waals surface area contributed by atoms with Crippen molar-refractivity contribution in [3.05, 3.63) is 16.1 Å². The van der Waals surface area contributed by atoms with Gasteiger partial charge in [0.2, 0.25) is 0 Å². The maximum Gasteiger partial charge on any atom is 0.107 e. The highest BCUT2D eigenvalue weighted by atomic mass is 32.2. The second-order valence-electron chi connectivity index (χ2n) is 6.04.